The standard InChI is InChI=1S/C13H23N3O5/c17-9-11-10-21-8-7-16(11)13(20)15-5-3-14(4-6-15)2-1-12(18)19/h11,17H,1-10H2,(H,18,19). The minimum atomic E-state index is -0.799. The van der Waals surface area contributed by atoms with Crippen LogP contribution in [0.4, 0.5) is 4.79 Å². The average molecular weight is 301 g/mol. The molecule has 0 bridgehead atoms. The Labute approximate surface area is 123 Å². The summed E-state index contributed by atoms with van der Waals surface area (Å²) in [4.78, 5) is 28.5. The number of carbonyl (C=O) groups excluding carboxylic acids is 1. The van der Waals surface area contributed by atoms with Gasteiger partial charge in [-0.3, -0.25) is 9.69 Å². The topological polar surface area (TPSA) is 93.6 Å². The van der Waals surface area contributed by atoms with Crippen molar-refractivity contribution in [2.45, 2.75) is 12.5 Å². The summed E-state index contributed by atoms with van der Waals surface area (Å²) in [5.41, 5.74) is 0. The predicted octanol–water partition coefficient (Wildman–Crippen LogP) is -1.11. The molecule has 2 aliphatic rings. The van der Waals surface area contributed by atoms with E-state index in [-0.39, 0.29) is 25.1 Å². The Morgan fingerprint density at radius 3 is 2.48 bits per heavy atom. The first-order chi connectivity index (χ1) is 10.1. The summed E-state index contributed by atoms with van der Waals surface area (Å²) >= 11 is 0. The van der Waals surface area contributed by atoms with Crippen LogP contribution in [0.15, 0.2) is 0 Å². The molecule has 2 N–H and O–H groups in total. The highest BCUT2D eigenvalue weighted by atomic mass is 16.5. The Morgan fingerprint density at radius 2 is 1.86 bits per heavy atom. The second kappa shape index (κ2) is 7.58. The van der Waals surface area contributed by atoms with Gasteiger partial charge in [-0.2, -0.15) is 0 Å². The molecule has 2 aliphatic heterocycles. The molecule has 0 spiro atoms. The molecular weight excluding hydrogens is 278 g/mol. The lowest BCUT2D eigenvalue weighted by Gasteiger charge is -2.41. The lowest BCUT2D eigenvalue weighted by Crippen LogP contribution is -2.58. The smallest absolute Gasteiger partial charge is 0.320 e. The molecule has 0 saturated carbocycles. The van der Waals surface area contributed by atoms with Gasteiger partial charge < -0.3 is 24.7 Å². The van der Waals surface area contributed by atoms with Crippen LogP contribution in [0.3, 0.4) is 0 Å². The number of ether oxygens (including phenoxy) is 1. The maximum atomic E-state index is 12.5. The number of aliphatic hydroxyl groups excluding tert-OH is 1. The molecule has 2 heterocycles. The first-order valence-corrected chi connectivity index (χ1v) is 7.30. The van der Waals surface area contributed by atoms with Gasteiger partial charge in [0.05, 0.1) is 32.3 Å². The van der Waals surface area contributed by atoms with Crippen molar-refractivity contribution in [3.63, 3.8) is 0 Å². The van der Waals surface area contributed by atoms with Gasteiger partial charge in [0.1, 0.15) is 0 Å². The normalized spacial score (nSPS) is 24.1. The molecular formula is C13H23N3O5. The lowest BCUT2D eigenvalue weighted by molar-refractivity contribution is -0.137. The van der Waals surface area contributed by atoms with Crippen LogP contribution < -0.4 is 0 Å². The van der Waals surface area contributed by atoms with Gasteiger partial charge in [0, 0.05) is 39.3 Å². The zero-order chi connectivity index (χ0) is 15.2. The zero-order valence-corrected chi connectivity index (χ0v) is 12.1. The molecule has 0 aromatic rings. The number of aliphatic hydroxyl groups is 1. The summed E-state index contributed by atoms with van der Waals surface area (Å²) in [5.74, 6) is -0.799. The molecule has 0 aromatic heterocycles. The van der Waals surface area contributed by atoms with E-state index in [4.69, 9.17) is 9.84 Å². The van der Waals surface area contributed by atoms with Crippen molar-refractivity contribution < 1.29 is 24.5 Å². The molecule has 120 valence electrons. The minimum absolute atomic E-state index is 0.0600. The van der Waals surface area contributed by atoms with Gasteiger partial charge in [0.15, 0.2) is 0 Å². The number of carbonyl (C=O) groups is 2. The maximum Gasteiger partial charge on any atom is 0.320 e. The van der Waals surface area contributed by atoms with Crippen molar-refractivity contribution in [1.82, 2.24) is 14.7 Å². The molecule has 1 unspecified atom stereocenters. The van der Waals surface area contributed by atoms with Crippen molar-refractivity contribution >= 4 is 12.0 Å². The summed E-state index contributed by atoms with van der Waals surface area (Å²) in [6.45, 7) is 4.37. The molecule has 2 rings (SSSR count). The molecule has 0 aliphatic carbocycles. The number of carboxylic acid groups (broad SMARTS) is 1. The summed E-state index contributed by atoms with van der Waals surface area (Å²) in [6.07, 6.45) is 0.129. The molecule has 8 heteroatoms. The Bertz CT molecular complexity index is 371. The monoisotopic (exact) mass is 301 g/mol. The average Bonchev–Trinajstić information content (AvgIpc) is 2.52. The van der Waals surface area contributed by atoms with Crippen molar-refractivity contribution in [3.05, 3.63) is 0 Å². The minimum Gasteiger partial charge on any atom is -0.481 e. The van der Waals surface area contributed by atoms with Crippen LogP contribution in [-0.2, 0) is 9.53 Å². The number of rotatable bonds is 4. The quantitative estimate of drug-likeness (QED) is 0.684. The fourth-order valence-corrected chi connectivity index (χ4v) is 2.66. The van der Waals surface area contributed by atoms with E-state index in [9.17, 15) is 14.7 Å². The van der Waals surface area contributed by atoms with E-state index in [0.29, 0.717) is 52.5 Å². The highest BCUT2D eigenvalue weighted by Crippen LogP contribution is 2.12. The highest BCUT2D eigenvalue weighted by Gasteiger charge is 2.31. The SMILES string of the molecule is O=C(O)CCN1CCN(C(=O)N2CCOCC2CO)CC1. The number of nitrogens with zero attached hydrogens (tertiary/aromatic N) is 3. The number of morpholine rings is 1. The van der Waals surface area contributed by atoms with Gasteiger partial charge >= 0.3 is 12.0 Å². The van der Waals surface area contributed by atoms with Crippen LogP contribution in [-0.4, -0.2) is 102 Å². The third-order valence-electron chi connectivity index (χ3n) is 3.97. The Kier molecular flexibility index (Phi) is 5.77. The van der Waals surface area contributed by atoms with Crippen LogP contribution >= 0.6 is 0 Å². The summed E-state index contributed by atoms with van der Waals surface area (Å²) in [6, 6.07) is -0.327. The van der Waals surface area contributed by atoms with Crippen LogP contribution in [0.5, 0.6) is 0 Å². The van der Waals surface area contributed by atoms with Crippen LogP contribution in [0.1, 0.15) is 6.42 Å². The van der Waals surface area contributed by atoms with Crippen LogP contribution in [0, 0.1) is 0 Å². The van der Waals surface area contributed by atoms with Gasteiger partial charge in [-0.15, -0.1) is 0 Å². The Balaban J connectivity index is 1.80. The van der Waals surface area contributed by atoms with Gasteiger partial charge in [-0.05, 0) is 0 Å². The van der Waals surface area contributed by atoms with E-state index in [2.05, 4.69) is 4.90 Å². The predicted molar refractivity (Wildman–Crippen MR) is 74.1 cm³/mol. The Morgan fingerprint density at radius 1 is 1.14 bits per heavy atom. The summed E-state index contributed by atoms with van der Waals surface area (Å²) in [7, 11) is 0. The van der Waals surface area contributed by atoms with Crippen molar-refractivity contribution in [2.75, 3.05) is 59.1 Å². The van der Waals surface area contributed by atoms with Gasteiger partial charge in [-0.1, -0.05) is 0 Å². The molecule has 2 saturated heterocycles. The number of urea groups is 1. The van der Waals surface area contributed by atoms with E-state index in [0.717, 1.165) is 0 Å². The highest BCUT2D eigenvalue weighted by molar-refractivity contribution is 5.75. The fourth-order valence-electron chi connectivity index (χ4n) is 2.66. The zero-order valence-electron chi connectivity index (χ0n) is 12.1. The van der Waals surface area contributed by atoms with Crippen LogP contribution in [0.25, 0.3) is 0 Å². The number of hydrogen-bond donors (Lipinski definition) is 2. The largest absolute Gasteiger partial charge is 0.481 e. The molecule has 0 radical (unpaired) electrons. The van der Waals surface area contributed by atoms with Crippen molar-refractivity contribution in [3.8, 4) is 0 Å². The van der Waals surface area contributed by atoms with Crippen molar-refractivity contribution in [2.24, 2.45) is 0 Å². The first kappa shape index (κ1) is 16.0. The summed E-state index contributed by atoms with van der Waals surface area (Å²) in [5, 5.41) is 18.0. The number of hydrogen-bond acceptors (Lipinski definition) is 5. The maximum absolute atomic E-state index is 12.5. The second-order valence-corrected chi connectivity index (χ2v) is 5.36. The summed E-state index contributed by atoms with van der Waals surface area (Å²) < 4.78 is 5.28. The number of aliphatic carboxylic acids is 1. The molecule has 21 heavy (non-hydrogen) atoms. The Hall–Kier alpha value is -1.38. The van der Waals surface area contributed by atoms with Gasteiger partial charge in [0.2, 0.25) is 0 Å². The first-order valence-electron chi connectivity index (χ1n) is 7.30. The van der Waals surface area contributed by atoms with Crippen LogP contribution in [0.2, 0.25) is 0 Å². The van der Waals surface area contributed by atoms with Gasteiger partial charge in [-0.25, -0.2) is 4.79 Å². The number of carboxylic acids is 1. The molecule has 0 aromatic carbocycles. The van der Waals surface area contributed by atoms with E-state index < -0.39 is 5.97 Å². The third-order valence-corrected chi connectivity index (χ3v) is 3.97. The molecule has 2 fully saturated rings. The lowest BCUT2D eigenvalue weighted by atomic mass is 10.2. The molecule has 2 amide bonds. The molecule has 8 nitrogen and oxygen atoms in total. The third kappa shape index (κ3) is 4.29. The van der Waals surface area contributed by atoms with Crippen molar-refractivity contribution in [1.29, 1.82) is 0 Å². The number of piperazine rings is 1. The van der Waals surface area contributed by atoms with E-state index in [1.807, 2.05) is 0 Å². The van der Waals surface area contributed by atoms with E-state index in [1.165, 1.54) is 0 Å². The van der Waals surface area contributed by atoms with Gasteiger partial charge in [0.25, 0.3) is 0 Å². The molecule has 1 atom stereocenters. The fraction of sp³-hybridized carbons (Fsp3) is 0.846. The van der Waals surface area contributed by atoms with E-state index in [1.54, 1.807) is 9.80 Å². The van der Waals surface area contributed by atoms with E-state index >= 15 is 0 Å². The number of amides is 2. The second-order valence-electron chi connectivity index (χ2n) is 5.36.